The molecule has 158 valence electrons. The second kappa shape index (κ2) is 7.43. The van der Waals surface area contributed by atoms with Crippen molar-refractivity contribution in [1.82, 2.24) is 14.9 Å². The summed E-state index contributed by atoms with van der Waals surface area (Å²) in [5.41, 5.74) is 3.52. The number of carbonyl (C=O) groups is 2. The molecule has 1 N–H and O–H groups in total. The van der Waals surface area contributed by atoms with Crippen LogP contribution in [0.2, 0.25) is 0 Å². The maximum atomic E-state index is 12.4. The largest absolute Gasteiger partial charge is 0.465 e. The number of aryl methyl sites for hydroxylation is 1. The van der Waals surface area contributed by atoms with Gasteiger partial charge in [0.1, 0.15) is 16.9 Å². The van der Waals surface area contributed by atoms with Crippen molar-refractivity contribution in [2.24, 2.45) is 0 Å². The fourth-order valence-corrected chi connectivity index (χ4v) is 4.74. The van der Waals surface area contributed by atoms with Gasteiger partial charge in [0.05, 0.1) is 29.6 Å². The van der Waals surface area contributed by atoms with E-state index < -0.39 is 11.6 Å². The highest BCUT2D eigenvalue weighted by molar-refractivity contribution is 7.15. The van der Waals surface area contributed by atoms with Crippen LogP contribution in [-0.4, -0.2) is 46.2 Å². The Morgan fingerprint density at radius 3 is 2.70 bits per heavy atom. The third kappa shape index (κ3) is 3.92. The second-order valence-corrected chi connectivity index (χ2v) is 9.63. The van der Waals surface area contributed by atoms with Gasteiger partial charge in [-0.25, -0.2) is 14.6 Å². The first kappa shape index (κ1) is 20.4. The third-order valence-electron chi connectivity index (χ3n) is 4.90. The van der Waals surface area contributed by atoms with E-state index >= 15 is 0 Å². The molecule has 7 nitrogen and oxygen atoms in total. The Kier molecular flexibility index (Phi) is 5.05. The van der Waals surface area contributed by atoms with Gasteiger partial charge in [0, 0.05) is 11.4 Å². The summed E-state index contributed by atoms with van der Waals surface area (Å²) in [5, 5.41) is 0. The molecule has 0 aliphatic carbocycles. The SMILES string of the molecule is COC(=O)c1cc(C)cc2[nH]c(-c3cc4c(s3)CN(C(=O)OC(C)(C)C)CC4)nc12. The number of benzene rings is 1. The van der Waals surface area contributed by atoms with Crippen molar-refractivity contribution < 1.29 is 19.1 Å². The number of nitrogens with one attached hydrogen (secondary N) is 1. The van der Waals surface area contributed by atoms with E-state index in [0.717, 1.165) is 27.3 Å². The van der Waals surface area contributed by atoms with Gasteiger partial charge >= 0.3 is 12.1 Å². The van der Waals surface area contributed by atoms with Crippen molar-refractivity contribution in [3.63, 3.8) is 0 Å². The van der Waals surface area contributed by atoms with Crippen molar-refractivity contribution in [2.75, 3.05) is 13.7 Å². The molecule has 0 bridgehead atoms. The van der Waals surface area contributed by atoms with Gasteiger partial charge < -0.3 is 19.4 Å². The number of ether oxygens (including phenoxy) is 2. The predicted octanol–water partition coefficient (Wildman–Crippen LogP) is 4.68. The number of imidazole rings is 1. The number of H-pyrrole nitrogens is 1. The number of rotatable bonds is 2. The van der Waals surface area contributed by atoms with Crippen molar-refractivity contribution in [2.45, 2.75) is 46.3 Å². The fraction of sp³-hybridized carbons (Fsp3) is 0.409. The van der Waals surface area contributed by atoms with Gasteiger partial charge in [0.25, 0.3) is 0 Å². The molecular formula is C22H25N3O4S. The number of hydrogen-bond acceptors (Lipinski definition) is 6. The molecule has 1 aromatic carbocycles. The fourth-order valence-electron chi connectivity index (χ4n) is 3.56. The first-order valence-electron chi connectivity index (χ1n) is 9.83. The molecule has 1 amide bonds. The monoisotopic (exact) mass is 427 g/mol. The maximum Gasteiger partial charge on any atom is 0.410 e. The zero-order valence-electron chi connectivity index (χ0n) is 17.8. The molecule has 1 aliphatic heterocycles. The molecule has 0 fully saturated rings. The minimum absolute atomic E-state index is 0.287. The van der Waals surface area contributed by atoms with Gasteiger partial charge in [-0.15, -0.1) is 11.3 Å². The van der Waals surface area contributed by atoms with Crippen LogP contribution in [0.1, 0.15) is 47.1 Å². The van der Waals surface area contributed by atoms with Crippen LogP contribution in [0, 0.1) is 6.92 Å². The standard InChI is InChI=1S/C22H25N3O4S/c1-12-8-14(20(26)28-5)18-15(9-12)23-19(24-18)16-10-13-6-7-25(11-17(13)30-16)21(27)29-22(2,3)4/h8-10H,6-7,11H2,1-5H3,(H,23,24). The predicted molar refractivity (Wildman–Crippen MR) is 116 cm³/mol. The first-order chi connectivity index (χ1) is 14.1. The van der Waals surface area contributed by atoms with Crippen LogP contribution in [-0.2, 0) is 22.4 Å². The van der Waals surface area contributed by atoms with Crippen LogP contribution in [0.5, 0.6) is 0 Å². The van der Waals surface area contributed by atoms with Gasteiger partial charge in [-0.3, -0.25) is 0 Å². The lowest BCUT2D eigenvalue weighted by Crippen LogP contribution is -2.39. The Morgan fingerprint density at radius 1 is 1.23 bits per heavy atom. The van der Waals surface area contributed by atoms with Gasteiger partial charge in [-0.1, -0.05) is 0 Å². The Morgan fingerprint density at radius 2 is 2.00 bits per heavy atom. The number of esters is 1. The van der Waals surface area contributed by atoms with Gasteiger partial charge in [0.15, 0.2) is 0 Å². The van der Waals surface area contributed by atoms with E-state index in [1.54, 1.807) is 22.3 Å². The molecule has 3 aromatic rings. The Labute approximate surface area is 179 Å². The molecule has 0 radical (unpaired) electrons. The normalized spacial score (nSPS) is 14.0. The molecule has 2 aromatic heterocycles. The summed E-state index contributed by atoms with van der Waals surface area (Å²) in [4.78, 5) is 36.5. The topological polar surface area (TPSA) is 84.5 Å². The number of aromatic amines is 1. The highest BCUT2D eigenvalue weighted by Gasteiger charge is 2.27. The molecule has 3 heterocycles. The van der Waals surface area contributed by atoms with Crippen LogP contribution in [0.4, 0.5) is 4.79 Å². The molecule has 0 saturated heterocycles. The first-order valence-corrected chi connectivity index (χ1v) is 10.6. The Balaban J connectivity index is 1.64. The highest BCUT2D eigenvalue weighted by atomic mass is 32.1. The van der Waals surface area contributed by atoms with Crippen molar-refractivity contribution in [3.8, 4) is 10.7 Å². The highest BCUT2D eigenvalue weighted by Crippen LogP contribution is 2.35. The number of nitrogens with zero attached hydrogens (tertiary/aromatic N) is 2. The zero-order valence-corrected chi connectivity index (χ0v) is 18.6. The van der Waals surface area contributed by atoms with E-state index in [1.165, 1.54) is 12.7 Å². The van der Waals surface area contributed by atoms with E-state index in [2.05, 4.69) is 16.0 Å². The van der Waals surface area contributed by atoms with Gasteiger partial charge in [-0.2, -0.15) is 0 Å². The van der Waals surface area contributed by atoms with Crippen LogP contribution in [0.15, 0.2) is 18.2 Å². The number of fused-ring (bicyclic) bond motifs is 2. The molecule has 8 heteroatoms. The number of carbonyl (C=O) groups excluding carboxylic acids is 2. The minimum atomic E-state index is -0.512. The van der Waals surface area contributed by atoms with E-state index in [0.29, 0.717) is 30.0 Å². The smallest absolute Gasteiger partial charge is 0.410 e. The van der Waals surface area contributed by atoms with Crippen molar-refractivity contribution >= 4 is 34.4 Å². The third-order valence-corrected chi connectivity index (χ3v) is 6.07. The quantitative estimate of drug-likeness (QED) is 0.600. The maximum absolute atomic E-state index is 12.4. The number of hydrogen-bond donors (Lipinski definition) is 1. The summed E-state index contributed by atoms with van der Waals surface area (Å²) < 4.78 is 10.4. The molecular weight excluding hydrogens is 402 g/mol. The summed E-state index contributed by atoms with van der Waals surface area (Å²) in [5.74, 6) is 0.309. The number of methoxy groups -OCH3 is 1. The Bertz CT molecular complexity index is 1140. The van der Waals surface area contributed by atoms with Crippen LogP contribution < -0.4 is 0 Å². The van der Waals surface area contributed by atoms with E-state index in [4.69, 9.17) is 9.47 Å². The lowest BCUT2D eigenvalue weighted by molar-refractivity contribution is 0.0226. The lowest BCUT2D eigenvalue weighted by Gasteiger charge is -2.29. The molecule has 0 spiro atoms. The second-order valence-electron chi connectivity index (χ2n) is 8.50. The summed E-state index contributed by atoms with van der Waals surface area (Å²) in [6, 6.07) is 5.88. The molecule has 0 unspecified atom stereocenters. The average molecular weight is 428 g/mol. The van der Waals surface area contributed by atoms with Crippen molar-refractivity contribution in [1.29, 1.82) is 0 Å². The van der Waals surface area contributed by atoms with E-state index in [-0.39, 0.29) is 6.09 Å². The summed E-state index contributed by atoms with van der Waals surface area (Å²) in [6.45, 7) is 8.70. The van der Waals surface area contributed by atoms with Crippen LogP contribution in [0.3, 0.4) is 0 Å². The zero-order chi connectivity index (χ0) is 21.6. The number of aromatic nitrogens is 2. The van der Waals surface area contributed by atoms with Crippen LogP contribution >= 0.6 is 11.3 Å². The van der Waals surface area contributed by atoms with Gasteiger partial charge in [0.2, 0.25) is 0 Å². The van der Waals surface area contributed by atoms with E-state index in [1.807, 2.05) is 33.8 Å². The molecule has 4 rings (SSSR count). The van der Waals surface area contributed by atoms with Crippen LogP contribution in [0.25, 0.3) is 21.7 Å². The molecule has 0 saturated carbocycles. The van der Waals surface area contributed by atoms with Crippen molar-refractivity contribution in [3.05, 3.63) is 39.8 Å². The summed E-state index contributed by atoms with van der Waals surface area (Å²) in [7, 11) is 1.37. The number of amides is 1. The number of thiophene rings is 1. The molecule has 0 atom stereocenters. The summed E-state index contributed by atoms with van der Waals surface area (Å²) in [6.07, 6.45) is 0.489. The Hall–Kier alpha value is -2.87. The average Bonchev–Trinajstić information content (AvgIpc) is 3.28. The molecule has 30 heavy (non-hydrogen) atoms. The lowest BCUT2D eigenvalue weighted by atomic mass is 10.1. The van der Waals surface area contributed by atoms with E-state index in [9.17, 15) is 9.59 Å². The summed E-state index contributed by atoms with van der Waals surface area (Å²) >= 11 is 1.61. The molecule has 1 aliphatic rings. The minimum Gasteiger partial charge on any atom is -0.465 e. The van der Waals surface area contributed by atoms with Gasteiger partial charge in [-0.05, 0) is 63.4 Å².